The minimum Gasteiger partial charge on any atom is -0.481 e. The number of carboxylic acid groups (broad SMARTS) is 1. The summed E-state index contributed by atoms with van der Waals surface area (Å²) >= 11 is 0. The van der Waals surface area contributed by atoms with Crippen molar-refractivity contribution >= 4 is 5.97 Å². The summed E-state index contributed by atoms with van der Waals surface area (Å²) in [5.41, 5.74) is 0. The van der Waals surface area contributed by atoms with Crippen molar-refractivity contribution in [2.45, 2.75) is 44.2 Å². The number of carboxylic acids is 1. The molecule has 0 heterocycles. The molecule has 1 rings (SSSR count). The Hall–Kier alpha value is -0.610. The van der Waals surface area contributed by atoms with Gasteiger partial charge in [0.05, 0.1) is 12.5 Å². The Labute approximate surface area is 84.5 Å². The van der Waals surface area contributed by atoms with Crippen molar-refractivity contribution in [3.8, 4) is 0 Å². The van der Waals surface area contributed by atoms with E-state index in [-0.39, 0.29) is 18.6 Å². The largest absolute Gasteiger partial charge is 0.481 e. The monoisotopic (exact) mass is 201 g/mol. The fourth-order valence-corrected chi connectivity index (χ4v) is 2.04. The van der Waals surface area contributed by atoms with Gasteiger partial charge in [-0.05, 0) is 19.9 Å². The lowest BCUT2D eigenvalue weighted by molar-refractivity contribution is -0.137. The second kappa shape index (κ2) is 5.32. The molecule has 4 nitrogen and oxygen atoms in total. The first-order chi connectivity index (χ1) is 6.61. The number of nitrogens with zero attached hydrogens (tertiary/aromatic N) is 1. The maximum atomic E-state index is 10.4. The van der Waals surface area contributed by atoms with Crippen LogP contribution in [0.5, 0.6) is 0 Å². The summed E-state index contributed by atoms with van der Waals surface area (Å²) in [4.78, 5) is 12.3. The predicted octanol–water partition coefficient (Wildman–Crippen LogP) is 0.696. The number of rotatable bonds is 4. The average Bonchev–Trinajstić information content (AvgIpc) is 2.15. The Bertz CT molecular complexity index is 196. The summed E-state index contributed by atoms with van der Waals surface area (Å²) in [7, 11) is 1.89. The summed E-state index contributed by atoms with van der Waals surface area (Å²) in [6.45, 7) is 0.525. The summed E-state index contributed by atoms with van der Waals surface area (Å²) < 4.78 is 0. The van der Waals surface area contributed by atoms with Gasteiger partial charge in [-0.3, -0.25) is 4.79 Å². The highest BCUT2D eigenvalue weighted by atomic mass is 16.4. The van der Waals surface area contributed by atoms with Crippen LogP contribution in [0.1, 0.15) is 32.1 Å². The molecular formula is C10H19NO3. The van der Waals surface area contributed by atoms with Crippen LogP contribution in [0.2, 0.25) is 0 Å². The van der Waals surface area contributed by atoms with Gasteiger partial charge >= 0.3 is 5.97 Å². The van der Waals surface area contributed by atoms with E-state index in [9.17, 15) is 9.90 Å². The van der Waals surface area contributed by atoms with Gasteiger partial charge in [-0.2, -0.15) is 0 Å². The third-order valence-corrected chi connectivity index (χ3v) is 2.94. The minimum absolute atomic E-state index is 0.152. The number of likely N-dealkylation sites (N-methyl/N-ethyl adjacent to an activating group) is 1. The zero-order valence-corrected chi connectivity index (χ0v) is 8.65. The van der Waals surface area contributed by atoms with Crippen molar-refractivity contribution in [3.05, 3.63) is 0 Å². The highest BCUT2D eigenvalue weighted by molar-refractivity contribution is 5.66. The van der Waals surface area contributed by atoms with E-state index < -0.39 is 5.97 Å². The number of hydrogen-bond donors (Lipinski definition) is 2. The van der Waals surface area contributed by atoms with Crippen LogP contribution >= 0.6 is 0 Å². The highest BCUT2D eigenvalue weighted by Gasteiger charge is 2.26. The van der Waals surface area contributed by atoms with Gasteiger partial charge in [-0.25, -0.2) is 0 Å². The van der Waals surface area contributed by atoms with Gasteiger partial charge in [0, 0.05) is 12.6 Å². The van der Waals surface area contributed by atoms with Crippen molar-refractivity contribution in [1.29, 1.82) is 0 Å². The smallest absolute Gasteiger partial charge is 0.304 e. The van der Waals surface area contributed by atoms with E-state index in [1.165, 1.54) is 0 Å². The van der Waals surface area contributed by atoms with Gasteiger partial charge in [-0.1, -0.05) is 12.8 Å². The Morgan fingerprint density at radius 3 is 2.64 bits per heavy atom. The van der Waals surface area contributed by atoms with Crippen LogP contribution in [-0.4, -0.2) is 46.8 Å². The lowest BCUT2D eigenvalue weighted by atomic mass is 9.91. The highest BCUT2D eigenvalue weighted by Crippen LogP contribution is 2.22. The van der Waals surface area contributed by atoms with Crippen LogP contribution in [0.3, 0.4) is 0 Å². The molecule has 0 spiro atoms. The lowest BCUT2D eigenvalue weighted by Crippen LogP contribution is -2.44. The van der Waals surface area contributed by atoms with Gasteiger partial charge in [0.15, 0.2) is 0 Å². The van der Waals surface area contributed by atoms with Crippen LogP contribution in [0.15, 0.2) is 0 Å². The topological polar surface area (TPSA) is 60.8 Å². The first-order valence-corrected chi connectivity index (χ1v) is 5.21. The lowest BCUT2D eigenvalue weighted by Gasteiger charge is -2.34. The molecule has 14 heavy (non-hydrogen) atoms. The Balaban J connectivity index is 2.34. The van der Waals surface area contributed by atoms with Crippen LogP contribution in [0.25, 0.3) is 0 Å². The summed E-state index contributed by atoms with van der Waals surface area (Å²) in [6.07, 6.45) is 3.94. The molecule has 0 aromatic carbocycles. The minimum atomic E-state index is -0.776. The number of aliphatic hydroxyl groups is 1. The Morgan fingerprint density at radius 2 is 2.07 bits per heavy atom. The van der Waals surface area contributed by atoms with E-state index >= 15 is 0 Å². The fourth-order valence-electron chi connectivity index (χ4n) is 2.04. The maximum Gasteiger partial charge on any atom is 0.304 e. The van der Waals surface area contributed by atoms with E-state index in [4.69, 9.17) is 5.11 Å². The second-order valence-corrected chi connectivity index (χ2v) is 4.04. The van der Waals surface area contributed by atoms with Crippen molar-refractivity contribution < 1.29 is 15.0 Å². The maximum absolute atomic E-state index is 10.4. The molecule has 2 atom stereocenters. The molecule has 2 N–H and O–H groups in total. The van der Waals surface area contributed by atoms with Crippen molar-refractivity contribution in [2.75, 3.05) is 13.6 Å². The molecule has 0 bridgehead atoms. The summed E-state index contributed by atoms with van der Waals surface area (Å²) in [5, 5.41) is 18.3. The molecule has 0 aromatic rings. The first kappa shape index (κ1) is 11.5. The molecule has 0 radical (unpaired) electrons. The number of aliphatic hydroxyl groups excluding tert-OH is 1. The Kier molecular flexibility index (Phi) is 4.35. The van der Waals surface area contributed by atoms with Gasteiger partial charge in [0.1, 0.15) is 0 Å². The quantitative estimate of drug-likeness (QED) is 0.702. The third-order valence-electron chi connectivity index (χ3n) is 2.94. The molecule has 0 aliphatic heterocycles. The molecule has 0 amide bonds. The van der Waals surface area contributed by atoms with Crippen LogP contribution < -0.4 is 0 Å². The molecular weight excluding hydrogens is 182 g/mol. The zero-order valence-electron chi connectivity index (χ0n) is 8.65. The standard InChI is InChI=1S/C10H19NO3/c1-11(7-6-10(13)14)8-4-2-3-5-9(8)12/h8-9,12H,2-7H2,1H3,(H,13,14). The average molecular weight is 201 g/mol. The number of aliphatic carboxylic acids is 1. The van der Waals surface area contributed by atoms with Crippen LogP contribution in [0.4, 0.5) is 0 Å². The van der Waals surface area contributed by atoms with E-state index in [2.05, 4.69) is 0 Å². The summed E-state index contributed by atoms with van der Waals surface area (Å²) in [6, 6.07) is 0.156. The normalized spacial score (nSPS) is 27.9. The van der Waals surface area contributed by atoms with E-state index in [1.807, 2.05) is 11.9 Å². The molecule has 1 aliphatic rings. The van der Waals surface area contributed by atoms with Crippen molar-refractivity contribution in [3.63, 3.8) is 0 Å². The number of hydrogen-bond acceptors (Lipinski definition) is 3. The fraction of sp³-hybridized carbons (Fsp3) is 0.900. The van der Waals surface area contributed by atoms with E-state index in [0.29, 0.717) is 6.54 Å². The molecule has 2 unspecified atom stereocenters. The molecule has 0 aromatic heterocycles. The third kappa shape index (κ3) is 3.27. The van der Waals surface area contributed by atoms with Crippen LogP contribution in [-0.2, 0) is 4.79 Å². The van der Waals surface area contributed by atoms with E-state index in [0.717, 1.165) is 25.7 Å². The molecule has 1 fully saturated rings. The zero-order chi connectivity index (χ0) is 10.6. The number of carbonyl (C=O) groups is 1. The second-order valence-electron chi connectivity index (χ2n) is 4.04. The van der Waals surface area contributed by atoms with E-state index in [1.54, 1.807) is 0 Å². The SMILES string of the molecule is CN(CCC(=O)O)C1CCCCC1O. The van der Waals surface area contributed by atoms with Crippen molar-refractivity contribution in [1.82, 2.24) is 4.90 Å². The first-order valence-electron chi connectivity index (χ1n) is 5.21. The molecule has 4 heteroatoms. The molecule has 0 saturated heterocycles. The van der Waals surface area contributed by atoms with Gasteiger partial charge in [0.25, 0.3) is 0 Å². The Morgan fingerprint density at radius 1 is 1.43 bits per heavy atom. The van der Waals surface area contributed by atoms with Crippen molar-refractivity contribution in [2.24, 2.45) is 0 Å². The molecule has 1 saturated carbocycles. The predicted molar refractivity (Wildman–Crippen MR) is 53.1 cm³/mol. The van der Waals surface area contributed by atoms with Crippen LogP contribution in [0, 0.1) is 0 Å². The molecule has 1 aliphatic carbocycles. The van der Waals surface area contributed by atoms with Gasteiger partial charge in [0.2, 0.25) is 0 Å². The van der Waals surface area contributed by atoms with Gasteiger partial charge in [-0.15, -0.1) is 0 Å². The molecule has 82 valence electrons. The summed E-state index contributed by atoms with van der Waals surface area (Å²) in [5.74, 6) is -0.776. The van der Waals surface area contributed by atoms with Gasteiger partial charge < -0.3 is 15.1 Å².